The summed E-state index contributed by atoms with van der Waals surface area (Å²) in [6.07, 6.45) is -2.12. The number of methoxy groups -OCH3 is 1. The zero-order valence-corrected chi connectivity index (χ0v) is 43.9. The van der Waals surface area contributed by atoms with Crippen LogP contribution in [0.25, 0.3) is 0 Å². The molecule has 3 aliphatic heterocycles. The van der Waals surface area contributed by atoms with Crippen molar-refractivity contribution in [2.75, 3.05) is 34.9 Å². The van der Waals surface area contributed by atoms with E-state index in [0.717, 1.165) is 12.8 Å². The molecule has 18 heteroatoms. The maximum Gasteiger partial charge on any atom is 0.407 e. The second kappa shape index (κ2) is 25.1. The number of aliphatic hydroxyl groups excluding tert-OH is 1. The van der Waals surface area contributed by atoms with Crippen molar-refractivity contribution in [1.82, 2.24) is 10.2 Å². The number of likely N-dealkylation sites (N-methyl/N-ethyl adjacent to an activating group) is 1. The standard InChI is InChI=1S/C50H89N3O15/c1-16-37-50(11,59)42(55)30(4)39(52-61-24-20-23-35-21-18-17-19-22-35)28(2)26-48(9,58)43(68-46-41(67-47(57)51-12)36(53(13)14)25-29(3)62-46)31(5)40(32(6)45(56)65-37)66-38-27-49(10,60-15)44(33(7)63-38)64-34(8)54/h28-33,35-38,40-44,46,55,58-59H,16-27H2,1-15H3,(H,51,57)/b52-39+/t28-,29-,30+,31+,32-,33+,36+,37-,38+,40+,41-,42-,43-,44+,46?,48?,49-,50-/m1/s1. The van der Waals surface area contributed by atoms with Crippen LogP contribution in [0.2, 0.25) is 0 Å². The Kier molecular flexibility index (Phi) is 21.4. The lowest BCUT2D eigenvalue weighted by atomic mass is 9.73. The molecular weight excluding hydrogens is 883 g/mol. The lowest BCUT2D eigenvalue weighted by molar-refractivity contribution is -0.318. The SMILES string of the molecule is CC[C@H]1OC(=O)[C@H](C)[C@@H](O[C@H]2C[C@@](C)(OC)[C@@H](OC(C)=O)[C@H](C)O2)[C@H](C)[C@@H](OC2O[C@H](C)C[C@H](N(C)C)[C@H]2OC(=O)NC)C(C)(O)C[C@@H](C)/C(=N\OCCCC2CCCCC2)[C@H](C)[C@@H](O)[C@]1(C)O. The summed E-state index contributed by atoms with van der Waals surface area (Å²) in [5, 5.41) is 44.6. The number of esters is 2. The first-order valence-corrected chi connectivity index (χ1v) is 25.2. The number of rotatable bonds is 14. The molecule has 4 N–H and O–H groups in total. The van der Waals surface area contributed by atoms with Crippen molar-refractivity contribution in [2.24, 2.45) is 34.7 Å². The minimum Gasteiger partial charge on any atom is -0.459 e. The van der Waals surface area contributed by atoms with Crippen molar-refractivity contribution in [3.05, 3.63) is 0 Å². The van der Waals surface area contributed by atoms with Crippen LogP contribution in [-0.4, -0.2) is 163 Å². The Morgan fingerprint density at radius 1 is 0.912 bits per heavy atom. The molecule has 1 saturated carbocycles. The van der Waals surface area contributed by atoms with Gasteiger partial charge in [0.2, 0.25) is 0 Å². The summed E-state index contributed by atoms with van der Waals surface area (Å²) in [6, 6.07) is -0.358. The number of carbonyl (C=O) groups excluding carboxylic acids is 3. The van der Waals surface area contributed by atoms with Crippen LogP contribution in [0.3, 0.4) is 0 Å². The van der Waals surface area contributed by atoms with Gasteiger partial charge in [0.05, 0.1) is 53.8 Å². The molecule has 18 atom stereocenters. The van der Waals surface area contributed by atoms with E-state index in [1.165, 1.54) is 60.1 Å². The molecule has 4 aliphatic rings. The van der Waals surface area contributed by atoms with Crippen LogP contribution in [0.1, 0.15) is 147 Å². The van der Waals surface area contributed by atoms with E-state index in [4.69, 9.17) is 42.7 Å². The third-order valence-corrected chi connectivity index (χ3v) is 15.3. The molecule has 0 radical (unpaired) electrons. The molecule has 0 aromatic rings. The zero-order chi connectivity index (χ0) is 50.9. The number of aliphatic hydroxyl groups is 3. The van der Waals surface area contributed by atoms with Gasteiger partial charge in [-0.25, -0.2) is 4.79 Å². The third-order valence-electron chi connectivity index (χ3n) is 15.3. The second-order valence-electron chi connectivity index (χ2n) is 21.3. The monoisotopic (exact) mass is 972 g/mol. The normalized spacial score (nSPS) is 42.2. The van der Waals surface area contributed by atoms with Gasteiger partial charge in [0.1, 0.15) is 23.9 Å². The van der Waals surface area contributed by atoms with E-state index >= 15 is 0 Å². The number of hydrogen-bond donors (Lipinski definition) is 4. The Bertz CT molecular complexity index is 1640. The molecule has 4 rings (SSSR count). The predicted molar refractivity (Wildman–Crippen MR) is 253 cm³/mol. The van der Waals surface area contributed by atoms with Crippen molar-refractivity contribution < 1.29 is 72.4 Å². The molecular formula is C50H89N3O15. The van der Waals surface area contributed by atoms with Gasteiger partial charge in [-0.3, -0.25) is 9.59 Å². The smallest absolute Gasteiger partial charge is 0.407 e. The zero-order valence-electron chi connectivity index (χ0n) is 43.9. The number of nitrogens with zero attached hydrogens (tertiary/aromatic N) is 2. The van der Waals surface area contributed by atoms with Crippen molar-refractivity contribution in [3.63, 3.8) is 0 Å². The van der Waals surface area contributed by atoms with E-state index < -0.39 is 114 Å². The van der Waals surface area contributed by atoms with Crippen molar-refractivity contribution >= 4 is 23.7 Å². The van der Waals surface area contributed by atoms with Gasteiger partial charge in [0.25, 0.3) is 0 Å². The second-order valence-corrected chi connectivity index (χ2v) is 21.3. The Hall–Kier alpha value is -2.68. The Labute approximate surface area is 406 Å². The van der Waals surface area contributed by atoms with Crippen LogP contribution in [0, 0.1) is 29.6 Å². The number of hydrogen-bond acceptors (Lipinski definition) is 17. The Morgan fingerprint density at radius 2 is 1.57 bits per heavy atom. The number of oxime groups is 1. The number of alkyl carbamates (subject to hydrolysis) is 1. The maximum absolute atomic E-state index is 14.6. The van der Waals surface area contributed by atoms with Crippen LogP contribution in [0.15, 0.2) is 5.16 Å². The number of cyclic esters (lactones) is 1. The fourth-order valence-corrected chi connectivity index (χ4v) is 11.3. The van der Waals surface area contributed by atoms with Gasteiger partial charge in [0, 0.05) is 45.3 Å². The highest BCUT2D eigenvalue weighted by molar-refractivity contribution is 5.88. The molecule has 18 nitrogen and oxygen atoms in total. The highest BCUT2D eigenvalue weighted by atomic mass is 16.7. The number of ether oxygens (including phenoxy) is 8. The summed E-state index contributed by atoms with van der Waals surface area (Å²) < 4.78 is 50.6. The van der Waals surface area contributed by atoms with Gasteiger partial charge < -0.3 is 68.3 Å². The summed E-state index contributed by atoms with van der Waals surface area (Å²) in [6.45, 7) is 18.9. The molecule has 0 spiro atoms. The summed E-state index contributed by atoms with van der Waals surface area (Å²) in [7, 11) is 6.72. The first kappa shape index (κ1) is 57.9. The van der Waals surface area contributed by atoms with Crippen molar-refractivity contribution in [2.45, 2.75) is 231 Å². The highest BCUT2D eigenvalue weighted by Crippen LogP contribution is 2.42. The van der Waals surface area contributed by atoms with E-state index in [9.17, 15) is 29.7 Å². The van der Waals surface area contributed by atoms with Gasteiger partial charge in [-0.2, -0.15) is 0 Å². The molecule has 3 saturated heterocycles. The van der Waals surface area contributed by atoms with Gasteiger partial charge >= 0.3 is 18.0 Å². The number of amides is 1. The summed E-state index contributed by atoms with van der Waals surface area (Å²) in [5.41, 5.74) is -4.45. The predicted octanol–water partition coefficient (Wildman–Crippen LogP) is 5.88. The molecule has 2 unspecified atom stereocenters. The maximum atomic E-state index is 14.6. The summed E-state index contributed by atoms with van der Waals surface area (Å²) in [4.78, 5) is 47.8. The number of carbonyl (C=O) groups is 3. The van der Waals surface area contributed by atoms with Gasteiger partial charge in [-0.15, -0.1) is 0 Å². The van der Waals surface area contributed by atoms with Crippen molar-refractivity contribution in [1.29, 1.82) is 0 Å². The summed E-state index contributed by atoms with van der Waals surface area (Å²) in [5.74, 6) is -4.02. The molecule has 3 heterocycles. The molecule has 68 heavy (non-hydrogen) atoms. The van der Waals surface area contributed by atoms with Gasteiger partial charge in [-0.05, 0) is 93.7 Å². The number of nitrogens with one attached hydrogen (secondary N) is 1. The van der Waals surface area contributed by atoms with E-state index in [1.54, 1.807) is 48.5 Å². The third kappa shape index (κ3) is 14.5. The van der Waals surface area contributed by atoms with E-state index in [0.29, 0.717) is 24.7 Å². The van der Waals surface area contributed by atoms with Gasteiger partial charge in [0.15, 0.2) is 24.8 Å². The first-order chi connectivity index (χ1) is 31.8. The lowest BCUT2D eigenvalue weighted by Crippen LogP contribution is -2.62. The quantitative estimate of drug-likeness (QED) is 0.0690. The fraction of sp³-hybridized carbons (Fsp3) is 0.920. The highest BCUT2D eigenvalue weighted by Gasteiger charge is 2.54. The lowest BCUT2D eigenvalue weighted by Gasteiger charge is -2.49. The van der Waals surface area contributed by atoms with Crippen molar-refractivity contribution in [3.8, 4) is 0 Å². The molecule has 1 aliphatic carbocycles. The van der Waals surface area contributed by atoms with Crippen LogP contribution >= 0.6 is 0 Å². The molecule has 394 valence electrons. The van der Waals surface area contributed by atoms with E-state index in [-0.39, 0.29) is 31.4 Å². The first-order valence-electron chi connectivity index (χ1n) is 25.2. The topological polar surface area (TPSA) is 223 Å². The van der Waals surface area contributed by atoms with Gasteiger partial charge in [-0.1, -0.05) is 65.0 Å². The van der Waals surface area contributed by atoms with Crippen LogP contribution in [-0.2, 0) is 52.3 Å². The van der Waals surface area contributed by atoms with Crippen LogP contribution in [0.5, 0.6) is 0 Å². The van der Waals surface area contributed by atoms with E-state index in [2.05, 4.69) is 10.5 Å². The molecule has 0 aromatic carbocycles. The minimum atomic E-state index is -1.96. The van der Waals surface area contributed by atoms with Crippen LogP contribution in [0.4, 0.5) is 4.79 Å². The molecule has 0 bridgehead atoms. The molecule has 4 fully saturated rings. The van der Waals surface area contributed by atoms with E-state index in [1.807, 2.05) is 32.8 Å². The largest absolute Gasteiger partial charge is 0.459 e. The van der Waals surface area contributed by atoms with Crippen LogP contribution < -0.4 is 5.32 Å². The molecule has 0 aromatic heterocycles. The minimum absolute atomic E-state index is 0.0165. The average molecular weight is 972 g/mol. The molecule has 1 amide bonds. The average Bonchev–Trinajstić information content (AvgIpc) is 3.27. The Morgan fingerprint density at radius 3 is 2.16 bits per heavy atom. The Balaban J connectivity index is 1.87. The summed E-state index contributed by atoms with van der Waals surface area (Å²) >= 11 is 0. The fourth-order valence-electron chi connectivity index (χ4n) is 11.3.